The molecule has 0 bridgehead atoms. The molecule has 2 unspecified atom stereocenters. The van der Waals surface area contributed by atoms with Gasteiger partial charge in [-0.15, -0.1) is 0 Å². The second-order valence-corrected chi connectivity index (χ2v) is 3.98. The van der Waals surface area contributed by atoms with Crippen LogP contribution in [0.25, 0.3) is 0 Å². The fraction of sp³-hybridized carbons (Fsp3) is 0.900. The molecule has 2 atom stereocenters. The van der Waals surface area contributed by atoms with E-state index in [0.29, 0.717) is 12.4 Å². The number of carbonyl (C=O) groups is 1. The molecule has 1 aliphatic carbocycles. The zero-order valence-corrected chi connectivity index (χ0v) is 8.39. The van der Waals surface area contributed by atoms with Gasteiger partial charge in [0.05, 0.1) is 11.5 Å². The highest BCUT2D eigenvalue weighted by atomic mass is 16.5. The molecule has 0 heterocycles. The first kappa shape index (κ1) is 9.72. The van der Waals surface area contributed by atoms with E-state index in [2.05, 4.69) is 0 Å². The third kappa shape index (κ3) is 1.18. The molecule has 2 nitrogen and oxygen atoms in total. The molecule has 2 heteroatoms. The zero-order valence-electron chi connectivity index (χ0n) is 8.39. The topological polar surface area (TPSA) is 26.3 Å². The van der Waals surface area contributed by atoms with E-state index in [1.807, 2.05) is 27.7 Å². The van der Waals surface area contributed by atoms with Crippen LogP contribution < -0.4 is 0 Å². The summed E-state index contributed by atoms with van der Waals surface area (Å²) in [6.45, 7) is 8.68. The van der Waals surface area contributed by atoms with Crippen LogP contribution in [0.5, 0.6) is 0 Å². The number of rotatable bonds is 3. The Morgan fingerprint density at radius 3 is 2.42 bits per heavy atom. The normalized spacial score (nSPS) is 33.2. The minimum atomic E-state index is -0.239. The summed E-state index contributed by atoms with van der Waals surface area (Å²) in [6.07, 6.45) is 1.06. The van der Waals surface area contributed by atoms with Crippen LogP contribution in [0.15, 0.2) is 0 Å². The molecule has 1 aliphatic rings. The highest BCUT2D eigenvalue weighted by molar-refractivity contribution is 5.94. The van der Waals surface area contributed by atoms with Crippen LogP contribution in [0.3, 0.4) is 0 Å². The van der Waals surface area contributed by atoms with Crippen LogP contribution in [-0.4, -0.2) is 18.5 Å². The zero-order chi connectivity index (χ0) is 9.35. The molecular weight excluding hydrogens is 152 g/mol. The van der Waals surface area contributed by atoms with Crippen molar-refractivity contribution in [1.29, 1.82) is 0 Å². The van der Waals surface area contributed by atoms with Crippen molar-refractivity contribution in [2.45, 2.75) is 40.2 Å². The molecule has 0 radical (unpaired) electrons. The predicted molar refractivity (Wildman–Crippen MR) is 48.0 cm³/mol. The molecule has 0 saturated heterocycles. The van der Waals surface area contributed by atoms with Crippen molar-refractivity contribution in [3.63, 3.8) is 0 Å². The lowest BCUT2D eigenvalue weighted by molar-refractivity contribution is -0.174. The average Bonchev–Trinajstić information content (AvgIpc) is 2.04. The van der Waals surface area contributed by atoms with E-state index >= 15 is 0 Å². The van der Waals surface area contributed by atoms with E-state index in [1.165, 1.54) is 0 Å². The maximum atomic E-state index is 11.5. The Bertz CT molecular complexity index is 184. The molecule has 0 amide bonds. The number of Topliss-reactive ketones (excluding diaryl/α,β-unsaturated/α-hetero) is 1. The summed E-state index contributed by atoms with van der Waals surface area (Å²) in [7, 11) is 0. The van der Waals surface area contributed by atoms with Gasteiger partial charge in [-0.3, -0.25) is 4.79 Å². The smallest absolute Gasteiger partial charge is 0.146 e. The molecule has 0 spiro atoms. The first-order valence-corrected chi connectivity index (χ1v) is 4.71. The third-order valence-electron chi connectivity index (χ3n) is 2.83. The van der Waals surface area contributed by atoms with Gasteiger partial charge in [0.25, 0.3) is 0 Å². The lowest BCUT2D eigenvalue weighted by Gasteiger charge is -2.48. The molecule has 0 N–H and O–H groups in total. The monoisotopic (exact) mass is 170 g/mol. The van der Waals surface area contributed by atoms with Gasteiger partial charge >= 0.3 is 0 Å². The Labute approximate surface area is 74.3 Å². The summed E-state index contributed by atoms with van der Waals surface area (Å²) in [6, 6.07) is 0. The standard InChI is InChI=1S/C10H18O2/c1-5-7-8(11)10(3,4)9(7)12-6-2/h7,9H,5-6H2,1-4H3. The van der Waals surface area contributed by atoms with Crippen LogP contribution in [0.1, 0.15) is 34.1 Å². The van der Waals surface area contributed by atoms with Gasteiger partial charge in [0.1, 0.15) is 5.78 Å². The SMILES string of the molecule is CCOC1C(CC)C(=O)C1(C)C. The second kappa shape index (κ2) is 3.17. The largest absolute Gasteiger partial charge is 0.377 e. The Hall–Kier alpha value is -0.370. The fourth-order valence-corrected chi connectivity index (χ4v) is 2.07. The lowest BCUT2D eigenvalue weighted by Crippen LogP contribution is -2.59. The molecule has 70 valence electrons. The first-order valence-electron chi connectivity index (χ1n) is 4.71. The van der Waals surface area contributed by atoms with Crippen LogP contribution in [0.4, 0.5) is 0 Å². The summed E-state index contributed by atoms with van der Waals surface area (Å²) < 4.78 is 5.55. The van der Waals surface area contributed by atoms with Crippen LogP contribution in [-0.2, 0) is 9.53 Å². The van der Waals surface area contributed by atoms with Gasteiger partial charge in [-0.05, 0) is 13.3 Å². The highest BCUT2D eigenvalue weighted by Crippen LogP contribution is 2.44. The summed E-state index contributed by atoms with van der Waals surface area (Å²) in [5.74, 6) is 0.517. The van der Waals surface area contributed by atoms with Gasteiger partial charge in [-0.1, -0.05) is 20.8 Å². The molecule has 1 saturated carbocycles. The average molecular weight is 170 g/mol. The maximum absolute atomic E-state index is 11.5. The van der Waals surface area contributed by atoms with Crippen molar-refractivity contribution in [2.75, 3.05) is 6.61 Å². The summed E-state index contributed by atoms with van der Waals surface area (Å²) in [4.78, 5) is 11.5. The van der Waals surface area contributed by atoms with E-state index in [4.69, 9.17) is 4.74 Å². The number of hydrogen-bond acceptors (Lipinski definition) is 2. The summed E-state index contributed by atoms with van der Waals surface area (Å²) in [5.41, 5.74) is -0.239. The minimum Gasteiger partial charge on any atom is -0.377 e. The van der Waals surface area contributed by atoms with E-state index in [-0.39, 0.29) is 17.4 Å². The molecule has 0 aromatic rings. The number of hydrogen-bond donors (Lipinski definition) is 0. The first-order chi connectivity index (χ1) is 5.55. The van der Waals surface area contributed by atoms with Crippen molar-refractivity contribution < 1.29 is 9.53 Å². The quantitative estimate of drug-likeness (QED) is 0.647. The van der Waals surface area contributed by atoms with E-state index in [1.54, 1.807) is 0 Å². The van der Waals surface area contributed by atoms with E-state index in [9.17, 15) is 4.79 Å². The van der Waals surface area contributed by atoms with Gasteiger partial charge in [0, 0.05) is 12.5 Å². The molecule has 0 aliphatic heterocycles. The second-order valence-electron chi connectivity index (χ2n) is 3.98. The minimum absolute atomic E-state index is 0.153. The van der Waals surface area contributed by atoms with Gasteiger partial charge in [0.2, 0.25) is 0 Å². The highest BCUT2D eigenvalue weighted by Gasteiger charge is 2.55. The Morgan fingerprint density at radius 2 is 2.00 bits per heavy atom. The maximum Gasteiger partial charge on any atom is 0.146 e. The lowest BCUT2D eigenvalue weighted by atomic mass is 9.59. The van der Waals surface area contributed by atoms with Crippen molar-refractivity contribution in [3.8, 4) is 0 Å². The number of carbonyl (C=O) groups excluding carboxylic acids is 1. The number of ether oxygens (including phenoxy) is 1. The molecule has 12 heavy (non-hydrogen) atoms. The van der Waals surface area contributed by atoms with Gasteiger partial charge in [-0.25, -0.2) is 0 Å². The van der Waals surface area contributed by atoms with Crippen LogP contribution in [0.2, 0.25) is 0 Å². The Morgan fingerprint density at radius 1 is 1.42 bits per heavy atom. The predicted octanol–water partition coefficient (Wildman–Crippen LogP) is 2.03. The van der Waals surface area contributed by atoms with E-state index in [0.717, 1.165) is 6.42 Å². The van der Waals surface area contributed by atoms with Gasteiger partial charge < -0.3 is 4.74 Å². The van der Waals surface area contributed by atoms with Crippen molar-refractivity contribution in [3.05, 3.63) is 0 Å². The van der Waals surface area contributed by atoms with Gasteiger partial charge in [-0.2, -0.15) is 0 Å². The van der Waals surface area contributed by atoms with Gasteiger partial charge in [0.15, 0.2) is 0 Å². The summed E-state index contributed by atoms with van der Waals surface area (Å²) >= 11 is 0. The Balaban J connectivity index is 2.64. The third-order valence-corrected chi connectivity index (χ3v) is 2.83. The van der Waals surface area contributed by atoms with Crippen molar-refractivity contribution in [1.82, 2.24) is 0 Å². The van der Waals surface area contributed by atoms with E-state index < -0.39 is 0 Å². The molecular formula is C10H18O2. The van der Waals surface area contributed by atoms with Crippen LogP contribution >= 0.6 is 0 Å². The van der Waals surface area contributed by atoms with Crippen molar-refractivity contribution >= 4 is 5.78 Å². The number of ketones is 1. The van der Waals surface area contributed by atoms with Crippen LogP contribution in [0, 0.1) is 11.3 Å². The summed E-state index contributed by atoms with van der Waals surface area (Å²) in [5, 5.41) is 0. The molecule has 0 aromatic heterocycles. The molecule has 1 fully saturated rings. The molecule has 0 aromatic carbocycles. The van der Waals surface area contributed by atoms with Crippen molar-refractivity contribution in [2.24, 2.45) is 11.3 Å². The Kier molecular flexibility index (Phi) is 2.57. The molecule has 1 rings (SSSR count). The fourth-order valence-electron chi connectivity index (χ4n) is 2.07.